The van der Waals surface area contributed by atoms with E-state index in [4.69, 9.17) is 28.9 Å². The van der Waals surface area contributed by atoms with E-state index in [2.05, 4.69) is 10.2 Å². The van der Waals surface area contributed by atoms with Crippen LogP contribution in [0, 0.1) is 0 Å². The van der Waals surface area contributed by atoms with E-state index in [1.54, 1.807) is 18.2 Å². The van der Waals surface area contributed by atoms with Crippen molar-refractivity contribution in [3.05, 3.63) is 64.4 Å². The number of hydrogen-bond acceptors (Lipinski definition) is 3. The average molecular weight is 319 g/mol. The van der Waals surface area contributed by atoms with Crippen molar-refractivity contribution in [2.75, 3.05) is 0 Å². The van der Waals surface area contributed by atoms with E-state index in [-0.39, 0.29) is 6.54 Å². The third kappa shape index (κ3) is 2.53. The number of halogens is 2. The molecule has 0 bridgehead atoms. The van der Waals surface area contributed by atoms with Crippen LogP contribution in [0.4, 0.5) is 0 Å². The smallest absolute Gasteiger partial charge is 0.171 e. The summed E-state index contributed by atoms with van der Waals surface area (Å²) in [5, 5.41) is 9.41. The molecule has 4 nitrogen and oxygen atoms in total. The summed E-state index contributed by atoms with van der Waals surface area (Å²) in [5.41, 5.74) is 7.33. The molecule has 0 saturated heterocycles. The molecule has 106 valence electrons. The van der Waals surface area contributed by atoms with Gasteiger partial charge in [-0.3, -0.25) is 4.57 Å². The maximum absolute atomic E-state index is 6.28. The van der Waals surface area contributed by atoms with Crippen LogP contribution in [0.1, 0.15) is 5.82 Å². The van der Waals surface area contributed by atoms with Crippen molar-refractivity contribution < 1.29 is 0 Å². The molecule has 3 rings (SSSR count). The molecule has 21 heavy (non-hydrogen) atoms. The van der Waals surface area contributed by atoms with Crippen LogP contribution in [0.2, 0.25) is 10.0 Å². The van der Waals surface area contributed by atoms with E-state index >= 15 is 0 Å². The summed E-state index contributed by atoms with van der Waals surface area (Å²) in [6, 6.07) is 15.1. The minimum Gasteiger partial charge on any atom is -0.324 e. The van der Waals surface area contributed by atoms with Crippen molar-refractivity contribution in [2.45, 2.75) is 6.54 Å². The van der Waals surface area contributed by atoms with Gasteiger partial charge in [0.15, 0.2) is 11.6 Å². The number of nitrogens with two attached hydrogens (primary N) is 1. The van der Waals surface area contributed by atoms with Crippen LogP contribution in [0.5, 0.6) is 0 Å². The second-order valence-electron chi connectivity index (χ2n) is 4.41. The van der Waals surface area contributed by atoms with Gasteiger partial charge in [-0.25, -0.2) is 0 Å². The Labute approximate surface area is 132 Å². The molecule has 0 unspecified atom stereocenters. The summed E-state index contributed by atoms with van der Waals surface area (Å²) in [4.78, 5) is 0. The quantitative estimate of drug-likeness (QED) is 0.801. The van der Waals surface area contributed by atoms with Crippen LogP contribution in [0.15, 0.2) is 48.5 Å². The normalized spacial score (nSPS) is 10.8. The second-order valence-corrected chi connectivity index (χ2v) is 5.23. The Balaban J connectivity index is 2.28. The highest BCUT2D eigenvalue weighted by Gasteiger charge is 2.19. The fraction of sp³-hybridized carbons (Fsp3) is 0.0667. The minimum atomic E-state index is 0.268. The molecule has 1 aromatic heterocycles. The van der Waals surface area contributed by atoms with Crippen LogP contribution < -0.4 is 5.73 Å². The van der Waals surface area contributed by atoms with Crippen molar-refractivity contribution in [3.63, 3.8) is 0 Å². The largest absolute Gasteiger partial charge is 0.324 e. The van der Waals surface area contributed by atoms with Gasteiger partial charge in [-0.15, -0.1) is 10.2 Å². The zero-order chi connectivity index (χ0) is 14.8. The predicted octanol–water partition coefficient (Wildman–Crippen LogP) is 3.70. The van der Waals surface area contributed by atoms with Crippen LogP contribution in [0.3, 0.4) is 0 Å². The Bertz CT molecular complexity index is 748. The molecular formula is C15H12Cl2N4. The molecule has 2 N–H and O–H groups in total. The highest BCUT2D eigenvalue weighted by atomic mass is 35.5. The number of para-hydroxylation sites is 1. The predicted molar refractivity (Wildman–Crippen MR) is 84.7 cm³/mol. The van der Waals surface area contributed by atoms with Crippen molar-refractivity contribution in [1.82, 2.24) is 14.8 Å². The Kier molecular flexibility index (Phi) is 3.92. The lowest BCUT2D eigenvalue weighted by atomic mass is 10.2. The summed E-state index contributed by atoms with van der Waals surface area (Å²) in [6.07, 6.45) is 0. The molecule has 0 aliphatic rings. The number of benzene rings is 2. The first kappa shape index (κ1) is 14.1. The van der Waals surface area contributed by atoms with Crippen LogP contribution in [-0.2, 0) is 6.54 Å². The van der Waals surface area contributed by atoms with E-state index < -0.39 is 0 Å². The van der Waals surface area contributed by atoms with Gasteiger partial charge < -0.3 is 5.73 Å². The zero-order valence-corrected chi connectivity index (χ0v) is 12.5. The maximum Gasteiger partial charge on any atom is 0.171 e. The monoisotopic (exact) mass is 318 g/mol. The van der Waals surface area contributed by atoms with E-state index in [0.717, 1.165) is 5.69 Å². The molecule has 0 amide bonds. The summed E-state index contributed by atoms with van der Waals surface area (Å²) >= 11 is 12.6. The second kappa shape index (κ2) is 5.85. The molecular weight excluding hydrogens is 307 g/mol. The van der Waals surface area contributed by atoms with Crippen molar-refractivity contribution >= 4 is 23.2 Å². The highest BCUT2D eigenvalue weighted by Crippen LogP contribution is 2.34. The van der Waals surface area contributed by atoms with Crippen LogP contribution >= 0.6 is 23.2 Å². The van der Waals surface area contributed by atoms with Gasteiger partial charge in [-0.1, -0.05) is 47.5 Å². The Morgan fingerprint density at radius 1 is 0.905 bits per heavy atom. The zero-order valence-electron chi connectivity index (χ0n) is 11.0. The standard InChI is InChI=1S/C15H12Cl2N4/c16-11-7-4-8-12(17)14(11)15-20-19-13(9-18)21(15)10-5-2-1-3-6-10/h1-8H,9,18H2. The first-order valence-corrected chi connectivity index (χ1v) is 7.12. The summed E-state index contributed by atoms with van der Waals surface area (Å²) < 4.78 is 1.87. The lowest BCUT2D eigenvalue weighted by Gasteiger charge is -2.11. The van der Waals surface area contributed by atoms with Gasteiger partial charge in [0.2, 0.25) is 0 Å². The maximum atomic E-state index is 6.28. The van der Waals surface area contributed by atoms with Crippen LogP contribution in [-0.4, -0.2) is 14.8 Å². The fourth-order valence-electron chi connectivity index (χ4n) is 2.17. The molecule has 1 heterocycles. The van der Waals surface area contributed by atoms with Gasteiger partial charge in [0, 0.05) is 5.69 Å². The van der Waals surface area contributed by atoms with Gasteiger partial charge in [0.05, 0.1) is 22.2 Å². The van der Waals surface area contributed by atoms with Gasteiger partial charge in [-0.2, -0.15) is 0 Å². The molecule has 0 atom stereocenters. The van der Waals surface area contributed by atoms with Crippen LogP contribution in [0.25, 0.3) is 17.1 Å². The Morgan fingerprint density at radius 2 is 1.57 bits per heavy atom. The molecule has 0 aliphatic heterocycles. The Hall–Kier alpha value is -1.88. The van der Waals surface area contributed by atoms with E-state index in [1.807, 2.05) is 34.9 Å². The van der Waals surface area contributed by atoms with E-state index in [0.29, 0.717) is 27.3 Å². The molecule has 0 spiro atoms. The van der Waals surface area contributed by atoms with Crippen molar-refractivity contribution in [1.29, 1.82) is 0 Å². The number of nitrogens with zero attached hydrogens (tertiary/aromatic N) is 3. The van der Waals surface area contributed by atoms with E-state index in [9.17, 15) is 0 Å². The third-order valence-corrected chi connectivity index (χ3v) is 3.74. The molecule has 0 saturated carbocycles. The molecule has 6 heteroatoms. The highest BCUT2D eigenvalue weighted by molar-refractivity contribution is 6.39. The Morgan fingerprint density at radius 3 is 2.19 bits per heavy atom. The van der Waals surface area contributed by atoms with Crippen molar-refractivity contribution in [3.8, 4) is 17.1 Å². The summed E-state index contributed by atoms with van der Waals surface area (Å²) in [6.45, 7) is 0.268. The van der Waals surface area contributed by atoms with Gasteiger partial charge >= 0.3 is 0 Å². The SMILES string of the molecule is NCc1nnc(-c2c(Cl)cccc2Cl)n1-c1ccccc1. The topological polar surface area (TPSA) is 56.7 Å². The summed E-state index contributed by atoms with van der Waals surface area (Å²) in [5.74, 6) is 1.23. The molecule has 0 radical (unpaired) electrons. The van der Waals surface area contributed by atoms with Gasteiger partial charge in [-0.05, 0) is 24.3 Å². The average Bonchev–Trinajstić information content (AvgIpc) is 2.91. The molecule has 0 aliphatic carbocycles. The first-order valence-electron chi connectivity index (χ1n) is 6.36. The van der Waals surface area contributed by atoms with Gasteiger partial charge in [0.25, 0.3) is 0 Å². The van der Waals surface area contributed by atoms with Crippen molar-refractivity contribution in [2.24, 2.45) is 5.73 Å². The van der Waals surface area contributed by atoms with E-state index in [1.165, 1.54) is 0 Å². The number of rotatable bonds is 3. The number of hydrogen-bond donors (Lipinski definition) is 1. The number of aromatic nitrogens is 3. The fourth-order valence-corrected chi connectivity index (χ4v) is 2.74. The lowest BCUT2D eigenvalue weighted by Crippen LogP contribution is -2.08. The molecule has 0 fully saturated rings. The molecule has 3 aromatic rings. The lowest BCUT2D eigenvalue weighted by molar-refractivity contribution is 0.861. The molecule has 2 aromatic carbocycles. The minimum absolute atomic E-state index is 0.268. The summed E-state index contributed by atoms with van der Waals surface area (Å²) in [7, 11) is 0. The first-order chi connectivity index (χ1) is 10.2. The van der Waals surface area contributed by atoms with Gasteiger partial charge in [0.1, 0.15) is 0 Å². The third-order valence-electron chi connectivity index (χ3n) is 3.11.